The van der Waals surface area contributed by atoms with E-state index in [9.17, 15) is 13.2 Å². The Hall–Kier alpha value is -1.44. The van der Waals surface area contributed by atoms with Crippen LogP contribution in [0.5, 0.6) is 0 Å². The smallest absolute Gasteiger partial charge is 0.240 e. The first kappa shape index (κ1) is 18.6. The summed E-state index contributed by atoms with van der Waals surface area (Å²) in [6.07, 6.45) is 0.667. The maximum Gasteiger partial charge on any atom is 0.240 e. The molecule has 0 aromatic heterocycles. The summed E-state index contributed by atoms with van der Waals surface area (Å²) in [5.74, 6) is 0.0921. The van der Waals surface area contributed by atoms with Crippen molar-refractivity contribution in [3.8, 4) is 0 Å². The molecule has 0 saturated heterocycles. The first-order chi connectivity index (χ1) is 10.2. The minimum Gasteiger partial charge on any atom is -0.329 e. The number of hydrogen-bond acceptors (Lipinski definition) is 4. The zero-order chi connectivity index (χ0) is 16.9. The average Bonchev–Trinajstić information content (AvgIpc) is 2.39. The van der Waals surface area contributed by atoms with Gasteiger partial charge in [0.1, 0.15) is 0 Å². The summed E-state index contributed by atoms with van der Waals surface area (Å²) in [5, 5.41) is 2.63. The van der Waals surface area contributed by atoms with Gasteiger partial charge in [-0.25, -0.2) is 13.1 Å². The van der Waals surface area contributed by atoms with Crippen LogP contribution in [-0.4, -0.2) is 26.9 Å². The number of hydrogen-bond donors (Lipinski definition) is 3. The van der Waals surface area contributed by atoms with E-state index >= 15 is 0 Å². The van der Waals surface area contributed by atoms with Gasteiger partial charge in [0, 0.05) is 25.2 Å². The molecule has 0 spiro atoms. The highest BCUT2D eigenvalue weighted by molar-refractivity contribution is 7.89. The number of nitrogens with one attached hydrogen (secondary N) is 2. The minimum absolute atomic E-state index is 0.115. The maximum atomic E-state index is 12.5. The van der Waals surface area contributed by atoms with Crippen LogP contribution >= 0.6 is 0 Å². The van der Waals surface area contributed by atoms with Gasteiger partial charge in [-0.2, -0.15) is 0 Å². The number of aryl methyl sites for hydroxylation is 1. The second-order valence-corrected chi connectivity index (χ2v) is 7.56. The summed E-state index contributed by atoms with van der Waals surface area (Å²) in [4.78, 5) is 11.3. The lowest BCUT2D eigenvalue weighted by Gasteiger charge is -2.19. The van der Waals surface area contributed by atoms with Crippen molar-refractivity contribution in [2.45, 2.75) is 45.1 Å². The fourth-order valence-electron chi connectivity index (χ4n) is 2.14. The van der Waals surface area contributed by atoms with Gasteiger partial charge in [-0.15, -0.1) is 0 Å². The van der Waals surface area contributed by atoms with Crippen LogP contribution in [0.1, 0.15) is 32.8 Å². The number of anilines is 1. The maximum absolute atomic E-state index is 12.5. The Morgan fingerprint density at radius 2 is 1.95 bits per heavy atom. The van der Waals surface area contributed by atoms with E-state index in [1.165, 1.54) is 19.1 Å². The first-order valence-corrected chi connectivity index (χ1v) is 8.74. The first-order valence-electron chi connectivity index (χ1n) is 7.26. The van der Waals surface area contributed by atoms with E-state index in [0.29, 0.717) is 18.0 Å². The van der Waals surface area contributed by atoms with Gasteiger partial charge in [0.2, 0.25) is 15.9 Å². The molecule has 0 bridgehead atoms. The van der Waals surface area contributed by atoms with Crippen LogP contribution in [0.4, 0.5) is 5.69 Å². The third-order valence-electron chi connectivity index (χ3n) is 3.19. The van der Waals surface area contributed by atoms with Gasteiger partial charge < -0.3 is 11.1 Å². The Labute approximate surface area is 132 Å². The Kier molecular flexibility index (Phi) is 6.52. The number of rotatable bonds is 7. The van der Waals surface area contributed by atoms with Crippen molar-refractivity contribution in [2.24, 2.45) is 11.7 Å². The van der Waals surface area contributed by atoms with E-state index < -0.39 is 10.0 Å². The molecule has 7 heteroatoms. The van der Waals surface area contributed by atoms with Crippen molar-refractivity contribution in [1.82, 2.24) is 4.72 Å². The fraction of sp³-hybridized carbons (Fsp3) is 0.533. The highest BCUT2D eigenvalue weighted by Crippen LogP contribution is 2.20. The molecule has 1 aromatic carbocycles. The molecule has 124 valence electrons. The van der Waals surface area contributed by atoms with Gasteiger partial charge in [-0.1, -0.05) is 19.9 Å². The molecular formula is C15H25N3O3S. The molecule has 1 aromatic rings. The highest BCUT2D eigenvalue weighted by atomic mass is 32.2. The number of carbonyl (C=O) groups excluding carboxylic acids is 1. The van der Waals surface area contributed by atoms with Crippen molar-refractivity contribution in [2.75, 3.05) is 11.9 Å². The third-order valence-corrected chi connectivity index (χ3v) is 4.71. The summed E-state index contributed by atoms with van der Waals surface area (Å²) >= 11 is 0. The summed E-state index contributed by atoms with van der Waals surface area (Å²) in [6, 6.07) is 4.34. The number of benzene rings is 1. The lowest BCUT2D eigenvalue weighted by Crippen LogP contribution is -2.41. The van der Waals surface area contributed by atoms with Gasteiger partial charge in [-0.05, 0) is 37.0 Å². The topological polar surface area (TPSA) is 101 Å². The minimum atomic E-state index is -3.67. The van der Waals surface area contributed by atoms with Crippen LogP contribution in [0.25, 0.3) is 0 Å². The van der Waals surface area contributed by atoms with Crippen LogP contribution in [-0.2, 0) is 14.8 Å². The molecule has 1 atom stereocenters. The summed E-state index contributed by atoms with van der Waals surface area (Å²) < 4.78 is 27.5. The molecule has 0 aliphatic heterocycles. The molecule has 1 unspecified atom stereocenters. The molecule has 0 aliphatic carbocycles. The van der Waals surface area contributed by atoms with Crippen LogP contribution in [0.2, 0.25) is 0 Å². The van der Waals surface area contributed by atoms with E-state index in [2.05, 4.69) is 10.0 Å². The van der Waals surface area contributed by atoms with Crippen molar-refractivity contribution >= 4 is 21.6 Å². The largest absolute Gasteiger partial charge is 0.329 e. The molecule has 0 heterocycles. The van der Waals surface area contributed by atoms with Crippen LogP contribution in [0.3, 0.4) is 0 Å². The molecule has 0 aliphatic rings. The van der Waals surface area contributed by atoms with Gasteiger partial charge in [-0.3, -0.25) is 4.79 Å². The Bertz CT molecular complexity index is 627. The van der Waals surface area contributed by atoms with Crippen LogP contribution in [0.15, 0.2) is 23.1 Å². The summed E-state index contributed by atoms with van der Waals surface area (Å²) in [7, 11) is -3.67. The normalized spacial score (nSPS) is 13.2. The Morgan fingerprint density at radius 3 is 2.45 bits per heavy atom. The molecular weight excluding hydrogens is 302 g/mol. The van der Waals surface area contributed by atoms with Crippen molar-refractivity contribution < 1.29 is 13.2 Å². The number of amides is 1. The predicted molar refractivity (Wildman–Crippen MR) is 88.1 cm³/mol. The molecule has 4 N–H and O–H groups in total. The highest BCUT2D eigenvalue weighted by Gasteiger charge is 2.21. The number of sulfonamides is 1. The zero-order valence-corrected chi connectivity index (χ0v) is 14.3. The van der Waals surface area contributed by atoms with E-state index in [0.717, 1.165) is 5.56 Å². The zero-order valence-electron chi connectivity index (χ0n) is 13.5. The van der Waals surface area contributed by atoms with Crippen molar-refractivity contribution in [3.05, 3.63) is 23.8 Å². The second-order valence-electron chi connectivity index (χ2n) is 5.84. The number of nitrogens with two attached hydrogens (primary N) is 1. The predicted octanol–water partition coefficient (Wildman–Crippen LogP) is 1.61. The van der Waals surface area contributed by atoms with E-state index in [1.807, 2.05) is 13.8 Å². The fourth-order valence-corrected chi connectivity index (χ4v) is 3.43. The quantitative estimate of drug-likeness (QED) is 0.708. The van der Waals surface area contributed by atoms with E-state index in [-0.39, 0.29) is 23.4 Å². The van der Waals surface area contributed by atoms with Gasteiger partial charge >= 0.3 is 0 Å². The molecule has 0 saturated carbocycles. The SMILES string of the molecule is CC(=O)Nc1cc(S(=O)(=O)NC(CN)CC(C)C)ccc1C. The van der Waals surface area contributed by atoms with Gasteiger partial charge in [0.05, 0.1) is 4.90 Å². The molecule has 6 nitrogen and oxygen atoms in total. The molecule has 1 rings (SSSR count). The standard InChI is InChI=1S/C15H25N3O3S/c1-10(2)7-13(9-16)18-22(20,21)14-6-5-11(3)15(8-14)17-12(4)19/h5-6,8,10,13,18H,7,9,16H2,1-4H3,(H,17,19). The Morgan fingerprint density at radius 1 is 1.32 bits per heavy atom. The van der Waals surface area contributed by atoms with Crippen LogP contribution in [0, 0.1) is 12.8 Å². The van der Waals surface area contributed by atoms with Gasteiger partial charge in [0.15, 0.2) is 0 Å². The van der Waals surface area contributed by atoms with Crippen molar-refractivity contribution in [3.63, 3.8) is 0 Å². The van der Waals surface area contributed by atoms with E-state index in [4.69, 9.17) is 5.73 Å². The van der Waals surface area contributed by atoms with Crippen LogP contribution < -0.4 is 15.8 Å². The van der Waals surface area contributed by atoms with E-state index in [1.54, 1.807) is 13.0 Å². The third kappa shape index (κ3) is 5.40. The Balaban J connectivity index is 3.04. The molecule has 0 radical (unpaired) electrons. The lowest BCUT2D eigenvalue weighted by atomic mass is 10.1. The molecule has 22 heavy (non-hydrogen) atoms. The molecule has 0 fully saturated rings. The monoisotopic (exact) mass is 327 g/mol. The summed E-state index contributed by atoms with van der Waals surface area (Å²) in [6.45, 7) is 7.44. The molecule has 1 amide bonds. The second kappa shape index (κ2) is 7.71. The van der Waals surface area contributed by atoms with Gasteiger partial charge in [0.25, 0.3) is 0 Å². The summed E-state index contributed by atoms with van der Waals surface area (Å²) in [5.41, 5.74) is 6.93. The number of carbonyl (C=O) groups is 1. The average molecular weight is 327 g/mol. The van der Waals surface area contributed by atoms with Crippen molar-refractivity contribution in [1.29, 1.82) is 0 Å². The lowest BCUT2D eigenvalue weighted by molar-refractivity contribution is -0.114.